The second kappa shape index (κ2) is 11.2. The van der Waals surface area contributed by atoms with Crippen LogP contribution in [0.4, 0.5) is 5.69 Å². The van der Waals surface area contributed by atoms with Crippen molar-refractivity contribution in [3.8, 4) is 5.75 Å². The summed E-state index contributed by atoms with van der Waals surface area (Å²) in [4.78, 5) is 17.3. The summed E-state index contributed by atoms with van der Waals surface area (Å²) >= 11 is 0. The van der Waals surface area contributed by atoms with Gasteiger partial charge in [-0.1, -0.05) is 37.3 Å². The molecule has 1 N–H and O–H groups in total. The number of methoxy groups -OCH3 is 1. The summed E-state index contributed by atoms with van der Waals surface area (Å²) in [7, 11) is -0.0949. The number of nitrogens with one attached hydrogen (secondary N) is 1. The zero-order chi connectivity index (χ0) is 24.9. The summed E-state index contributed by atoms with van der Waals surface area (Å²) in [5, 5.41) is 0. The van der Waals surface area contributed by atoms with Gasteiger partial charge in [0.2, 0.25) is 10.0 Å². The van der Waals surface area contributed by atoms with Gasteiger partial charge in [0.25, 0.3) is 5.91 Å². The molecule has 0 bridgehead atoms. The van der Waals surface area contributed by atoms with Crippen molar-refractivity contribution in [1.82, 2.24) is 9.80 Å². The number of ether oxygens (including phenoxy) is 2. The molecule has 1 aliphatic heterocycles. The highest BCUT2D eigenvalue weighted by Crippen LogP contribution is 2.27. The first-order chi connectivity index (χ1) is 16.1. The van der Waals surface area contributed by atoms with Crippen molar-refractivity contribution >= 4 is 21.6 Å². The van der Waals surface area contributed by atoms with E-state index in [-0.39, 0.29) is 24.0 Å². The van der Waals surface area contributed by atoms with Gasteiger partial charge >= 0.3 is 0 Å². The van der Waals surface area contributed by atoms with Gasteiger partial charge in [0, 0.05) is 45.5 Å². The standard InChI is InChI=1S/C25H35N3O5S/c1-18-14-28(15-20-9-7-6-8-10-20)19(2)17-33-23-12-11-21(26-34(5,30)31)13-22(23)25(29)27(3)16-24(18)32-4/h6-13,18-19,24,26H,14-17H2,1-5H3/t18-,19-,24+/m1/s1. The third kappa shape index (κ3) is 6.94. The van der Waals surface area contributed by atoms with Crippen LogP contribution in [0, 0.1) is 5.92 Å². The van der Waals surface area contributed by atoms with E-state index in [1.807, 2.05) is 18.2 Å². The van der Waals surface area contributed by atoms with Crippen molar-refractivity contribution in [2.45, 2.75) is 32.5 Å². The normalized spacial score (nSPS) is 22.8. The van der Waals surface area contributed by atoms with Crippen LogP contribution in [0.3, 0.4) is 0 Å². The summed E-state index contributed by atoms with van der Waals surface area (Å²) in [6.07, 6.45) is 0.908. The van der Waals surface area contributed by atoms with Gasteiger partial charge in [-0.3, -0.25) is 14.4 Å². The van der Waals surface area contributed by atoms with E-state index in [1.54, 1.807) is 31.2 Å². The van der Waals surface area contributed by atoms with Crippen LogP contribution in [0.25, 0.3) is 0 Å². The molecule has 34 heavy (non-hydrogen) atoms. The molecule has 2 aromatic carbocycles. The maximum atomic E-state index is 13.3. The summed E-state index contributed by atoms with van der Waals surface area (Å²) in [5.74, 6) is 0.323. The van der Waals surface area contributed by atoms with E-state index in [4.69, 9.17) is 9.47 Å². The van der Waals surface area contributed by atoms with Crippen LogP contribution in [0.2, 0.25) is 0 Å². The van der Waals surface area contributed by atoms with Crippen LogP contribution >= 0.6 is 0 Å². The fraction of sp³-hybridized carbons (Fsp3) is 0.480. The molecule has 0 spiro atoms. The third-order valence-corrected chi connectivity index (χ3v) is 6.71. The van der Waals surface area contributed by atoms with Gasteiger partial charge in [-0.15, -0.1) is 0 Å². The number of likely N-dealkylation sites (N-methyl/N-ethyl adjacent to an activating group) is 1. The van der Waals surface area contributed by atoms with Gasteiger partial charge in [0.05, 0.1) is 17.9 Å². The SMILES string of the molecule is CO[C@H]1CN(C)C(=O)c2cc(NS(C)(=O)=O)ccc2OC[C@@H](C)N(Cc2ccccc2)C[C@H]1C. The van der Waals surface area contributed by atoms with E-state index in [0.717, 1.165) is 19.3 Å². The highest BCUT2D eigenvalue weighted by Gasteiger charge is 2.28. The van der Waals surface area contributed by atoms with Crippen LogP contribution < -0.4 is 9.46 Å². The lowest BCUT2D eigenvalue weighted by molar-refractivity contribution is 0.00922. The van der Waals surface area contributed by atoms with Crippen LogP contribution in [-0.4, -0.2) is 76.4 Å². The number of carbonyl (C=O) groups is 1. The molecule has 3 rings (SSSR count). The minimum atomic E-state index is -3.48. The quantitative estimate of drug-likeness (QED) is 0.695. The number of hydrogen-bond donors (Lipinski definition) is 1. The molecule has 186 valence electrons. The Bertz CT molecular complexity index is 1080. The number of benzene rings is 2. The number of rotatable bonds is 5. The molecule has 1 amide bonds. The maximum Gasteiger partial charge on any atom is 0.257 e. The van der Waals surface area contributed by atoms with Crippen molar-refractivity contribution in [3.63, 3.8) is 0 Å². The van der Waals surface area contributed by atoms with Gasteiger partial charge in [0.15, 0.2) is 0 Å². The minimum Gasteiger partial charge on any atom is -0.491 e. The monoisotopic (exact) mass is 489 g/mol. The van der Waals surface area contributed by atoms with Crippen molar-refractivity contribution in [2.24, 2.45) is 5.92 Å². The molecule has 0 saturated heterocycles. The first-order valence-electron chi connectivity index (χ1n) is 11.4. The molecule has 0 radical (unpaired) electrons. The van der Waals surface area contributed by atoms with Crippen molar-refractivity contribution in [3.05, 3.63) is 59.7 Å². The van der Waals surface area contributed by atoms with Gasteiger partial charge in [0.1, 0.15) is 12.4 Å². The highest BCUT2D eigenvalue weighted by atomic mass is 32.2. The van der Waals surface area contributed by atoms with E-state index in [1.165, 1.54) is 11.6 Å². The molecule has 8 nitrogen and oxygen atoms in total. The number of nitrogens with zero attached hydrogens (tertiary/aromatic N) is 2. The molecule has 0 aromatic heterocycles. The molecular formula is C25H35N3O5S. The Morgan fingerprint density at radius 3 is 2.47 bits per heavy atom. The molecule has 0 saturated carbocycles. The average molecular weight is 490 g/mol. The Labute approximate surface area is 202 Å². The fourth-order valence-electron chi connectivity index (χ4n) is 4.17. The van der Waals surface area contributed by atoms with Crippen LogP contribution in [0.15, 0.2) is 48.5 Å². The molecule has 3 atom stereocenters. The van der Waals surface area contributed by atoms with E-state index in [0.29, 0.717) is 30.2 Å². The highest BCUT2D eigenvalue weighted by molar-refractivity contribution is 7.92. The maximum absolute atomic E-state index is 13.3. The van der Waals surface area contributed by atoms with Gasteiger partial charge in [-0.05, 0) is 36.6 Å². The number of hydrogen-bond acceptors (Lipinski definition) is 6. The van der Waals surface area contributed by atoms with Crippen molar-refractivity contribution in [1.29, 1.82) is 0 Å². The number of fused-ring (bicyclic) bond motifs is 1. The largest absolute Gasteiger partial charge is 0.491 e. The first kappa shape index (κ1) is 26.0. The fourth-order valence-corrected chi connectivity index (χ4v) is 4.72. The van der Waals surface area contributed by atoms with Gasteiger partial charge in [-0.2, -0.15) is 0 Å². The molecule has 1 heterocycles. The van der Waals surface area contributed by atoms with Gasteiger partial charge in [-0.25, -0.2) is 8.42 Å². The van der Waals surface area contributed by atoms with Crippen LogP contribution in [-0.2, 0) is 21.3 Å². The molecular weight excluding hydrogens is 454 g/mol. The second-order valence-corrected chi connectivity index (χ2v) is 10.8. The number of carbonyl (C=O) groups excluding carboxylic acids is 1. The van der Waals surface area contributed by atoms with Gasteiger partial charge < -0.3 is 14.4 Å². The predicted molar refractivity (Wildman–Crippen MR) is 134 cm³/mol. The minimum absolute atomic E-state index is 0.0640. The molecule has 0 aliphatic carbocycles. The van der Waals surface area contributed by atoms with E-state index < -0.39 is 10.0 Å². The first-order valence-corrected chi connectivity index (χ1v) is 13.3. The second-order valence-electron chi connectivity index (χ2n) is 9.10. The lowest BCUT2D eigenvalue weighted by Gasteiger charge is -2.36. The lowest BCUT2D eigenvalue weighted by atomic mass is 10.0. The number of amides is 1. The summed E-state index contributed by atoms with van der Waals surface area (Å²) in [6.45, 7) is 6.56. The predicted octanol–water partition coefficient (Wildman–Crippen LogP) is 3.06. The van der Waals surface area contributed by atoms with E-state index in [2.05, 4.69) is 35.6 Å². The van der Waals surface area contributed by atoms with E-state index in [9.17, 15) is 13.2 Å². The Hall–Kier alpha value is -2.62. The summed E-state index contributed by atoms with van der Waals surface area (Å²) in [5.41, 5.74) is 1.84. The Balaban J connectivity index is 1.96. The summed E-state index contributed by atoms with van der Waals surface area (Å²) in [6, 6.07) is 15.1. The van der Waals surface area contributed by atoms with E-state index >= 15 is 0 Å². The van der Waals surface area contributed by atoms with Crippen molar-refractivity contribution in [2.75, 3.05) is 44.8 Å². The topological polar surface area (TPSA) is 88.2 Å². The Morgan fingerprint density at radius 1 is 1.12 bits per heavy atom. The number of sulfonamides is 1. The zero-order valence-electron chi connectivity index (χ0n) is 20.5. The average Bonchev–Trinajstić information content (AvgIpc) is 2.79. The smallest absolute Gasteiger partial charge is 0.257 e. The Kier molecular flexibility index (Phi) is 8.57. The molecule has 1 aliphatic rings. The lowest BCUT2D eigenvalue weighted by Crippen LogP contribution is -2.46. The molecule has 0 unspecified atom stereocenters. The molecule has 9 heteroatoms. The number of anilines is 1. The van der Waals surface area contributed by atoms with Crippen LogP contribution in [0.1, 0.15) is 29.8 Å². The van der Waals surface area contributed by atoms with Crippen molar-refractivity contribution < 1.29 is 22.7 Å². The summed E-state index contributed by atoms with van der Waals surface area (Å²) < 4.78 is 37.8. The third-order valence-electron chi connectivity index (χ3n) is 6.11. The van der Waals surface area contributed by atoms with Crippen LogP contribution in [0.5, 0.6) is 5.75 Å². The Morgan fingerprint density at radius 2 is 1.82 bits per heavy atom. The zero-order valence-corrected chi connectivity index (χ0v) is 21.3. The molecule has 0 fully saturated rings. The molecule has 2 aromatic rings.